The van der Waals surface area contributed by atoms with Gasteiger partial charge < -0.3 is 20.1 Å². The molecule has 1 amide bonds. The van der Waals surface area contributed by atoms with Gasteiger partial charge in [0.1, 0.15) is 11.8 Å². The standard InChI is InChI=1S/C19H25N3O4/c1-6-25-17-10-14(8-9-16(17)21-13(5)23)22-18(12(3)4)15(11-20)19(24)26-7-2/h8-10,12,22H,6-7H2,1-5H3,(H,21,23)/b18-15-. The zero-order chi connectivity index (χ0) is 19.7. The van der Waals surface area contributed by atoms with Crippen molar-refractivity contribution in [1.82, 2.24) is 0 Å². The molecule has 2 N–H and O–H groups in total. The van der Waals surface area contributed by atoms with E-state index in [-0.39, 0.29) is 24.0 Å². The summed E-state index contributed by atoms with van der Waals surface area (Å²) >= 11 is 0. The van der Waals surface area contributed by atoms with E-state index in [4.69, 9.17) is 9.47 Å². The first-order valence-corrected chi connectivity index (χ1v) is 8.46. The summed E-state index contributed by atoms with van der Waals surface area (Å²) in [6.45, 7) is 9.29. The van der Waals surface area contributed by atoms with Gasteiger partial charge in [-0.1, -0.05) is 13.8 Å². The van der Waals surface area contributed by atoms with E-state index in [2.05, 4.69) is 10.6 Å². The fourth-order valence-corrected chi connectivity index (χ4v) is 2.24. The first-order chi connectivity index (χ1) is 12.3. The number of hydrogen-bond acceptors (Lipinski definition) is 6. The number of esters is 1. The van der Waals surface area contributed by atoms with Crippen molar-refractivity contribution in [1.29, 1.82) is 5.26 Å². The number of benzene rings is 1. The summed E-state index contributed by atoms with van der Waals surface area (Å²) in [6, 6.07) is 7.06. The van der Waals surface area contributed by atoms with Crippen molar-refractivity contribution in [2.24, 2.45) is 5.92 Å². The number of nitrogens with zero attached hydrogens (tertiary/aromatic N) is 1. The molecule has 0 heterocycles. The van der Waals surface area contributed by atoms with Crippen LogP contribution < -0.4 is 15.4 Å². The smallest absolute Gasteiger partial charge is 0.350 e. The molecule has 140 valence electrons. The maximum atomic E-state index is 12.0. The van der Waals surface area contributed by atoms with E-state index in [1.165, 1.54) is 6.92 Å². The summed E-state index contributed by atoms with van der Waals surface area (Å²) in [7, 11) is 0. The fourth-order valence-electron chi connectivity index (χ4n) is 2.24. The topological polar surface area (TPSA) is 100 Å². The summed E-state index contributed by atoms with van der Waals surface area (Å²) in [6.07, 6.45) is 0. The van der Waals surface area contributed by atoms with Crippen molar-refractivity contribution in [3.63, 3.8) is 0 Å². The molecule has 0 radical (unpaired) electrons. The fraction of sp³-hybridized carbons (Fsp3) is 0.421. The summed E-state index contributed by atoms with van der Waals surface area (Å²) < 4.78 is 10.5. The van der Waals surface area contributed by atoms with Gasteiger partial charge in [0, 0.05) is 24.4 Å². The molecule has 7 nitrogen and oxygen atoms in total. The third-order valence-corrected chi connectivity index (χ3v) is 3.31. The molecule has 0 bridgehead atoms. The average molecular weight is 359 g/mol. The van der Waals surface area contributed by atoms with Gasteiger partial charge in [-0.3, -0.25) is 4.79 Å². The Hall–Kier alpha value is -3.01. The number of ether oxygens (including phenoxy) is 2. The molecule has 0 saturated heterocycles. The van der Waals surface area contributed by atoms with Crippen molar-refractivity contribution >= 4 is 23.3 Å². The molecule has 0 atom stereocenters. The van der Waals surface area contributed by atoms with Crippen LogP contribution in [0.3, 0.4) is 0 Å². The van der Waals surface area contributed by atoms with Crippen LogP contribution in [0.15, 0.2) is 29.5 Å². The zero-order valence-electron chi connectivity index (χ0n) is 15.8. The second-order valence-corrected chi connectivity index (χ2v) is 5.73. The molecule has 0 aliphatic heterocycles. The Balaban J connectivity index is 3.27. The van der Waals surface area contributed by atoms with Crippen molar-refractivity contribution in [2.45, 2.75) is 34.6 Å². The van der Waals surface area contributed by atoms with Gasteiger partial charge in [0.05, 0.1) is 18.9 Å². The molecule has 26 heavy (non-hydrogen) atoms. The minimum absolute atomic E-state index is 0.0641. The van der Waals surface area contributed by atoms with Gasteiger partial charge in [-0.05, 0) is 31.9 Å². The first-order valence-electron chi connectivity index (χ1n) is 8.46. The number of amides is 1. The SMILES string of the molecule is CCOC(=O)/C(C#N)=C(\Nc1ccc(NC(C)=O)c(OCC)c1)C(C)C. The molecular weight excluding hydrogens is 334 g/mol. The van der Waals surface area contributed by atoms with E-state index in [0.29, 0.717) is 29.4 Å². The molecule has 0 aliphatic rings. The molecule has 0 unspecified atom stereocenters. The predicted octanol–water partition coefficient (Wildman–Crippen LogP) is 3.45. The van der Waals surface area contributed by atoms with E-state index in [0.717, 1.165) is 0 Å². The number of hydrogen-bond donors (Lipinski definition) is 2. The lowest BCUT2D eigenvalue weighted by atomic mass is 10.0. The Morgan fingerprint density at radius 2 is 1.88 bits per heavy atom. The molecule has 0 aromatic heterocycles. The number of carbonyl (C=O) groups is 2. The first kappa shape index (κ1) is 21.0. The predicted molar refractivity (Wildman–Crippen MR) is 99.6 cm³/mol. The van der Waals surface area contributed by atoms with Crippen LogP contribution in [0, 0.1) is 17.2 Å². The third-order valence-electron chi connectivity index (χ3n) is 3.31. The van der Waals surface area contributed by atoms with E-state index in [1.54, 1.807) is 25.1 Å². The van der Waals surface area contributed by atoms with Crippen LogP contribution in [0.4, 0.5) is 11.4 Å². The van der Waals surface area contributed by atoms with Gasteiger partial charge in [0.2, 0.25) is 5.91 Å². The minimum Gasteiger partial charge on any atom is -0.492 e. The van der Waals surface area contributed by atoms with E-state index < -0.39 is 5.97 Å². The molecule has 0 spiro atoms. The van der Waals surface area contributed by atoms with E-state index >= 15 is 0 Å². The van der Waals surface area contributed by atoms with Crippen molar-refractivity contribution in [3.8, 4) is 11.8 Å². The van der Waals surface area contributed by atoms with Crippen LogP contribution in [0.5, 0.6) is 5.75 Å². The normalized spacial score (nSPS) is 11.3. The summed E-state index contributed by atoms with van der Waals surface area (Å²) in [5, 5.41) is 15.2. The Labute approximate surface area is 154 Å². The van der Waals surface area contributed by atoms with Crippen molar-refractivity contribution in [2.75, 3.05) is 23.8 Å². The Kier molecular flexibility index (Phi) is 8.16. The number of carbonyl (C=O) groups excluding carboxylic acids is 2. The van der Waals surface area contributed by atoms with Crippen molar-refractivity contribution in [3.05, 3.63) is 29.5 Å². The lowest BCUT2D eigenvalue weighted by molar-refractivity contribution is -0.138. The maximum absolute atomic E-state index is 12.0. The van der Waals surface area contributed by atoms with Gasteiger partial charge in [0.25, 0.3) is 0 Å². The average Bonchev–Trinajstić information content (AvgIpc) is 2.56. The number of allylic oxidation sites excluding steroid dienone is 1. The molecule has 1 aromatic rings. The molecule has 0 saturated carbocycles. The Bertz CT molecular complexity index is 733. The molecule has 0 aliphatic carbocycles. The lowest BCUT2D eigenvalue weighted by Gasteiger charge is -2.18. The highest BCUT2D eigenvalue weighted by Gasteiger charge is 2.20. The molecular formula is C19H25N3O4. The molecule has 1 aromatic carbocycles. The third kappa shape index (κ3) is 5.81. The zero-order valence-corrected chi connectivity index (χ0v) is 15.8. The van der Waals surface area contributed by atoms with Gasteiger partial charge in [0.15, 0.2) is 5.57 Å². The molecule has 1 rings (SSSR count). The Morgan fingerprint density at radius 1 is 1.19 bits per heavy atom. The lowest BCUT2D eigenvalue weighted by Crippen LogP contribution is -2.17. The van der Waals surface area contributed by atoms with Gasteiger partial charge in [-0.15, -0.1) is 0 Å². The van der Waals surface area contributed by atoms with E-state index in [9.17, 15) is 14.9 Å². The maximum Gasteiger partial charge on any atom is 0.350 e. The van der Waals surface area contributed by atoms with Crippen LogP contribution in [0.25, 0.3) is 0 Å². The highest BCUT2D eigenvalue weighted by atomic mass is 16.5. The summed E-state index contributed by atoms with van der Waals surface area (Å²) in [5.74, 6) is -0.486. The van der Waals surface area contributed by atoms with Gasteiger partial charge in [-0.2, -0.15) is 5.26 Å². The van der Waals surface area contributed by atoms with Crippen LogP contribution in [-0.4, -0.2) is 25.1 Å². The van der Waals surface area contributed by atoms with Crippen LogP contribution in [-0.2, 0) is 14.3 Å². The largest absolute Gasteiger partial charge is 0.492 e. The Morgan fingerprint density at radius 3 is 2.38 bits per heavy atom. The minimum atomic E-state index is -0.661. The van der Waals surface area contributed by atoms with Crippen LogP contribution in [0.1, 0.15) is 34.6 Å². The highest BCUT2D eigenvalue weighted by Crippen LogP contribution is 2.30. The number of anilines is 2. The van der Waals surface area contributed by atoms with Crippen LogP contribution in [0.2, 0.25) is 0 Å². The number of nitrogens with one attached hydrogen (secondary N) is 2. The highest BCUT2D eigenvalue weighted by molar-refractivity contribution is 5.94. The molecule has 7 heteroatoms. The quantitative estimate of drug-likeness (QED) is 0.419. The van der Waals surface area contributed by atoms with Gasteiger partial charge >= 0.3 is 5.97 Å². The van der Waals surface area contributed by atoms with Gasteiger partial charge in [-0.25, -0.2) is 4.79 Å². The second-order valence-electron chi connectivity index (χ2n) is 5.73. The second kappa shape index (κ2) is 10.1. The van der Waals surface area contributed by atoms with E-state index in [1.807, 2.05) is 26.8 Å². The summed E-state index contributed by atoms with van der Waals surface area (Å²) in [4.78, 5) is 23.3. The monoisotopic (exact) mass is 359 g/mol. The molecule has 0 fully saturated rings. The van der Waals surface area contributed by atoms with Crippen LogP contribution >= 0.6 is 0 Å². The number of rotatable bonds is 8. The van der Waals surface area contributed by atoms with Crippen molar-refractivity contribution < 1.29 is 19.1 Å². The number of nitriles is 1. The summed E-state index contributed by atoms with van der Waals surface area (Å²) in [5.41, 5.74) is 1.57.